The minimum Gasteiger partial charge on any atom is -0.435 e. The summed E-state index contributed by atoms with van der Waals surface area (Å²) in [5, 5.41) is 3.71. The average molecular weight is 462 g/mol. The zero-order valence-corrected chi connectivity index (χ0v) is 19.6. The molecule has 0 bridgehead atoms. The van der Waals surface area contributed by atoms with E-state index in [0.29, 0.717) is 22.6 Å². The number of pyridine rings is 1. The average Bonchev–Trinajstić information content (AvgIpc) is 3.25. The van der Waals surface area contributed by atoms with Gasteiger partial charge in [0, 0.05) is 42.8 Å². The summed E-state index contributed by atoms with van der Waals surface area (Å²) in [6.07, 6.45) is 3.27. The molecule has 9 heteroatoms. The Morgan fingerprint density at radius 1 is 1.06 bits per heavy atom. The Kier molecular flexibility index (Phi) is 6.02. The topological polar surface area (TPSA) is 82.2 Å². The van der Waals surface area contributed by atoms with Crippen LogP contribution < -0.4 is 15.0 Å². The number of hydrogen-bond donors (Lipinski definition) is 2. The van der Waals surface area contributed by atoms with Crippen LogP contribution in [0.1, 0.15) is 18.2 Å². The second-order valence-electron chi connectivity index (χ2n) is 8.49. The molecule has 5 rings (SSSR count). The second-order valence-corrected chi connectivity index (χ2v) is 8.49. The van der Waals surface area contributed by atoms with Crippen molar-refractivity contribution in [2.75, 3.05) is 42.9 Å². The van der Waals surface area contributed by atoms with Crippen LogP contribution in [0.2, 0.25) is 0 Å². The van der Waals surface area contributed by atoms with E-state index in [0.717, 1.165) is 49.6 Å². The maximum Gasteiger partial charge on any atom is 0.227 e. The highest BCUT2D eigenvalue weighted by molar-refractivity contribution is 5.82. The first kappa shape index (κ1) is 22.1. The molecule has 1 saturated heterocycles. The summed E-state index contributed by atoms with van der Waals surface area (Å²) in [4.78, 5) is 21.0. The molecule has 0 saturated carbocycles. The molecule has 1 aliphatic heterocycles. The third kappa shape index (κ3) is 4.38. The molecule has 3 aromatic heterocycles. The maximum absolute atomic E-state index is 15.0. The summed E-state index contributed by atoms with van der Waals surface area (Å²) in [5.74, 6) is 1.20. The molecule has 0 amide bonds. The van der Waals surface area contributed by atoms with E-state index >= 15 is 0 Å². The minimum atomic E-state index is -0.425. The molecule has 4 aromatic rings. The molecule has 1 fully saturated rings. The SMILES string of the molecule is CCN1CCN(c2ccc(Nc3ncnc(Oc4ccc5[nH]c(C)cc5c4F)c3C)nc2)CC1. The lowest BCUT2D eigenvalue weighted by Crippen LogP contribution is -2.46. The summed E-state index contributed by atoms with van der Waals surface area (Å²) in [5.41, 5.74) is 3.38. The number of hydrogen-bond acceptors (Lipinski definition) is 7. The number of aromatic nitrogens is 4. The molecule has 0 spiro atoms. The molecular weight excluding hydrogens is 433 g/mol. The van der Waals surface area contributed by atoms with Crippen molar-refractivity contribution in [2.45, 2.75) is 20.8 Å². The molecule has 2 N–H and O–H groups in total. The molecule has 34 heavy (non-hydrogen) atoms. The quantitative estimate of drug-likeness (QED) is 0.427. The molecule has 8 nitrogen and oxygen atoms in total. The number of aryl methyl sites for hydroxylation is 1. The van der Waals surface area contributed by atoms with Gasteiger partial charge in [-0.05, 0) is 50.7 Å². The van der Waals surface area contributed by atoms with Gasteiger partial charge < -0.3 is 24.8 Å². The van der Waals surface area contributed by atoms with Crippen molar-refractivity contribution in [3.63, 3.8) is 0 Å². The van der Waals surface area contributed by atoms with Crippen molar-refractivity contribution in [1.82, 2.24) is 24.8 Å². The Morgan fingerprint density at radius 3 is 2.62 bits per heavy atom. The first-order chi connectivity index (χ1) is 16.5. The highest BCUT2D eigenvalue weighted by Gasteiger charge is 2.17. The lowest BCUT2D eigenvalue weighted by molar-refractivity contribution is 0.271. The van der Waals surface area contributed by atoms with Crippen LogP contribution in [0.25, 0.3) is 10.9 Å². The lowest BCUT2D eigenvalue weighted by atomic mass is 10.2. The minimum absolute atomic E-state index is 0.116. The van der Waals surface area contributed by atoms with Crippen molar-refractivity contribution in [2.24, 2.45) is 0 Å². The Bertz CT molecular complexity index is 1300. The molecule has 176 valence electrons. The Hall–Kier alpha value is -3.72. The van der Waals surface area contributed by atoms with Gasteiger partial charge >= 0.3 is 0 Å². The van der Waals surface area contributed by atoms with Crippen molar-refractivity contribution >= 4 is 28.2 Å². The van der Waals surface area contributed by atoms with Gasteiger partial charge in [-0.3, -0.25) is 0 Å². The Balaban J connectivity index is 1.31. The van der Waals surface area contributed by atoms with Crippen molar-refractivity contribution < 1.29 is 9.13 Å². The van der Waals surface area contributed by atoms with Crippen molar-refractivity contribution in [3.05, 3.63) is 59.9 Å². The predicted octanol–water partition coefficient (Wildman–Crippen LogP) is 4.79. The summed E-state index contributed by atoms with van der Waals surface area (Å²) in [7, 11) is 0. The van der Waals surface area contributed by atoms with E-state index in [-0.39, 0.29) is 11.6 Å². The van der Waals surface area contributed by atoms with Gasteiger partial charge in [0.15, 0.2) is 11.6 Å². The molecule has 4 heterocycles. The number of H-pyrrole nitrogens is 1. The normalized spacial score (nSPS) is 14.5. The fourth-order valence-corrected chi connectivity index (χ4v) is 4.22. The molecule has 0 unspecified atom stereocenters. The van der Waals surface area contributed by atoms with E-state index in [1.54, 1.807) is 18.2 Å². The Morgan fingerprint density at radius 2 is 1.88 bits per heavy atom. The second kappa shape index (κ2) is 9.26. The summed E-state index contributed by atoms with van der Waals surface area (Å²) >= 11 is 0. The number of anilines is 3. The molecule has 1 aromatic carbocycles. The van der Waals surface area contributed by atoms with Gasteiger partial charge in [0.1, 0.15) is 18.0 Å². The number of nitrogens with zero attached hydrogens (tertiary/aromatic N) is 5. The van der Waals surface area contributed by atoms with Crippen LogP contribution in [0.3, 0.4) is 0 Å². The number of fused-ring (bicyclic) bond motifs is 1. The molecule has 0 aliphatic carbocycles. The van der Waals surface area contributed by atoms with Crippen LogP contribution in [0, 0.1) is 19.7 Å². The third-order valence-corrected chi connectivity index (χ3v) is 6.26. The van der Waals surface area contributed by atoms with E-state index in [1.807, 2.05) is 26.1 Å². The molecular formula is C25H28FN7O. The number of ether oxygens (including phenoxy) is 1. The van der Waals surface area contributed by atoms with E-state index in [1.165, 1.54) is 6.33 Å². The summed E-state index contributed by atoms with van der Waals surface area (Å²) in [6, 6.07) is 9.16. The van der Waals surface area contributed by atoms with Gasteiger partial charge in [-0.25, -0.2) is 19.3 Å². The van der Waals surface area contributed by atoms with Gasteiger partial charge in [-0.15, -0.1) is 0 Å². The van der Waals surface area contributed by atoms with E-state index < -0.39 is 5.82 Å². The number of likely N-dealkylation sites (N-methyl/N-ethyl adjacent to an activating group) is 1. The molecule has 0 radical (unpaired) electrons. The van der Waals surface area contributed by atoms with Gasteiger partial charge in [-0.1, -0.05) is 6.92 Å². The predicted molar refractivity (Wildman–Crippen MR) is 132 cm³/mol. The summed E-state index contributed by atoms with van der Waals surface area (Å²) < 4.78 is 20.8. The number of aromatic amines is 1. The van der Waals surface area contributed by atoms with Crippen LogP contribution in [0.15, 0.2) is 42.9 Å². The Labute approximate surface area is 197 Å². The first-order valence-corrected chi connectivity index (χ1v) is 11.5. The molecule has 1 aliphatic rings. The van der Waals surface area contributed by atoms with Crippen LogP contribution in [-0.2, 0) is 0 Å². The van der Waals surface area contributed by atoms with Crippen LogP contribution in [0.5, 0.6) is 11.6 Å². The third-order valence-electron chi connectivity index (χ3n) is 6.26. The van der Waals surface area contributed by atoms with Gasteiger partial charge in [0.05, 0.1) is 17.4 Å². The van der Waals surface area contributed by atoms with Gasteiger partial charge in [0.25, 0.3) is 0 Å². The highest BCUT2D eigenvalue weighted by atomic mass is 19.1. The van der Waals surface area contributed by atoms with Gasteiger partial charge in [-0.2, -0.15) is 0 Å². The number of piperazine rings is 1. The zero-order chi connectivity index (χ0) is 23.7. The van der Waals surface area contributed by atoms with E-state index in [9.17, 15) is 4.39 Å². The highest BCUT2D eigenvalue weighted by Crippen LogP contribution is 2.32. The van der Waals surface area contributed by atoms with Crippen LogP contribution in [0.4, 0.5) is 21.7 Å². The van der Waals surface area contributed by atoms with E-state index in [4.69, 9.17) is 4.74 Å². The fraction of sp³-hybridized carbons (Fsp3) is 0.320. The largest absolute Gasteiger partial charge is 0.435 e. The standard InChI is InChI=1S/C25H28FN7O/c1-4-32-9-11-33(12-10-32)18-5-8-22(27-14-18)31-24-17(3)25(29-15-28-24)34-21-7-6-20-19(23(21)26)13-16(2)30-20/h5-8,13-15,30H,4,9-12H2,1-3H3,(H,27,28,29,31). The number of benzene rings is 1. The maximum atomic E-state index is 15.0. The van der Waals surface area contributed by atoms with Gasteiger partial charge in [0.2, 0.25) is 5.88 Å². The van der Waals surface area contributed by atoms with Crippen molar-refractivity contribution in [3.8, 4) is 11.6 Å². The van der Waals surface area contributed by atoms with E-state index in [2.05, 4.69) is 48.0 Å². The van der Waals surface area contributed by atoms with Crippen LogP contribution >= 0.6 is 0 Å². The number of nitrogens with one attached hydrogen (secondary N) is 2. The number of rotatable bonds is 6. The lowest BCUT2D eigenvalue weighted by Gasteiger charge is -2.35. The fourth-order valence-electron chi connectivity index (χ4n) is 4.22. The zero-order valence-electron chi connectivity index (χ0n) is 19.6. The summed E-state index contributed by atoms with van der Waals surface area (Å²) in [6.45, 7) is 11.1. The van der Waals surface area contributed by atoms with Crippen LogP contribution in [-0.4, -0.2) is 57.6 Å². The monoisotopic (exact) mass is 461 g/mol. The van der Waals surface area contributed by atoms with Crippen molar-refractivity contribution in [1.29, 1.82) is 0 Å². The number of halogens is 1. The smallest absolute Gasteiger partial charge is 0.227 e. The first-order valence-electron chi connectivity index (χ1n) is 11.5. The molecule has 0 atom stereocenters.